The van der Waals surface area contributed by atoms with Crippen LogP contribution in [-0.2, 0) is 4.79 Å². The van der Waals surface area contributed by atoms with Crippen LogP contribution in [0.1, 0.15) is 61.9 Å². The van der Waals surface area contributed by atoms with E-state index in [4.69, 9.17) is 14.5 Å². The van der Waals surface area contributed by atoms with Crippen LogP contribution in [0.15, 0.2) is 73.4 Å². The van der Waals surface area contributed by atoms with Crippen molar-refractivity contribution in [2.75, 3.05) is 18.5 Å². The van der Waals surface area contributed by atoms with Gasteiger partial charge in [0.1, 0.15) is 5.82 Å². The van der Waals surface area contributed by atoms with E-state index >= 15 is 0 Å². The third-order valence-corrected chi connectivity index (χ3v) is 8.35. The number of rotatable bonds is 9. The average Bonchev–Trinajstić information content (AvgIpc) is 2.99. The summed E-state index contributed by atoms with van der Waals surface area (Å²) in [5.41, 5.74) is 2.96. The number of ether oxygens (including phenoxy) is 2. The molecule has 0 atom stereocenters. The van der Waals surface area contributed by atoms with Crippen LogP contribution in [0, 0.1) is 6.92 Å². The minimum absolute atomic E-state index is 0.168. The summed E-state index contributed by atoms with van der Waals surface area (Å²) in [4.78, 5) is 31.1. The fourth-order valence-corrected chi connectivity index (χ4v) is 5.82. The summed E-state index contributed by atoms with van der Waals surface area (Å²) in [5.74, 6) is 1.45. The van der Waals surface area contributed by atoms with Gasteiger partial charge < -0.3 is 14.8 Å². The smallest absolute Gasteiger partial charge is 0.282 e. The third-order valence-electron chi connectivity index (χ3n) is 7.17. The lowest BCUT2D eigenvalue weighted by Gasteiger charge is -2.22. The second-order valence-electron chi connectivity index (χ2n) is 10.3. The van der Waals surface area contributed by atoms with Crippen molar-refractivity contribution in [3.8, 4) is 11.5 Å². The highest BCUT2D eigenvalue weighted by Crippen LogP contribution is 2.34. The van der Waals surface area contributed by atoms with E-state index in [2.05, 4.69) is 42.3 Å². The maximum Gasteiger partial charge on any atom is 0.282 e. The predicted molar refractivity (Wildman–Crippen MR) is 173 cm³/mol. The van der Waals surface area contributed by atoms with Crippen molar-refractivity contribution in [1.82, 2.24) is 9.66 Å². The highest BCUT2D eigenvalue weighted by molar-refractivity contribution is 9.10. The number of aryl methyl sites for hydroxylation is 1. The van der Waals surface area contributed by atoms with Gasteiger partial charge in [-0.1, -0.05) is 52.9 Å². The number of aromatic nitrogens is 2. The maximum absolute atomic E-state index is 13.7. The number of anilines is 1. The summed E-state index contributed by atoms with van der Waals surface area (Å²) in [5, 5.41) is 7.99. The lowest BCUT2D eigenvalue weighted by Crippen LogP contribution is -2.25. The summed E-state index contributed by atoms with van der Waals surface area (Å²) in [6.45, 7) is 4.08. The first kappa shape index (κ1) is 30.0. The number of fused-ring (bicyclic) bond motifs is 1. The molecule has 0 aliphatic heterocycles. The van der Waals surface area contributed by atoms with E-state index in [0.29, 0.717) is 50.6 Å². The third kappa shape index (κ3) is 7.10. The zero-order valence-corrected chi connectivity index (χ0v) is 26.7. The highest BCUT2D eigenvalue weighted by Gasteiger charge is 2.23. The van der Waals surface area contributed by atoms with Crippen molar-refractivity contribution in [1.29, 1.82) is 0 Å². The second-order valence-corrected chi connectivity index (χ2v) is 12.1. The first-order chi connectivity index (χ1) is 20.3. The minimum atomic E-state index is -0.284. The summed E-state index contributed by atoms with van der Waals surface area (Å²) in [6, 6.07) is 16.6. The monoisotopic (exact) mass is 694 g/mol. The van der Waals surface area contributed by atoms with Gasteiger partial charge in [0.25, 0.3) is 11.5 Å². The zero-order chi connectivity index (χ0) is 29.6. The molecule has 0 radical (unpaired) electrons. The van der Waals surface area contributed by atoms with Crippen molar-refractivity contribution >= 4 is 60.6 Å². The van der Waals surface area contributed by atoms with Gasteiger partial charge >= 0.3 is 0 Å². The Balaban J connectivity index is 1.43. The Hall–Kier alpha value is -3.50. The van der Waals surface area contributed by atoms with Gasteiger partial charge in [-0.15, -0.1) is 0 Å². The molecule has 0 unspecified atom stereocenters. The van der Waals surface area contributed by atoms with Crippen LogP contribution in [0.25, 0.3) is 10.9 Å². The number of nitrogens with one attached hydrogen (secondary N) is 1. The van der Waals surface area contributed by atoms with Gasteiger partial charge in [0.15, 0.2) is 18.1 Å². The molecule has 0 spiro atoms. The molecule has 1 fully saturated rings. The van der Waals surface area contributed by atoms with Gasteiger partial charge in [0.2, 0.25) is 0 Å². The number of hydrogen-bond donors (Lipinski definition) is 1. The molecule has 1 aliphatic rings. The van der Waals surface area contributed by atoms with E-state index in [0.717, 1.165) is 35.7 Å². The topological polar surface area (TPSA) is 94.8 Å². The van der Waals surface area contributed by atoms with Crippen LogP contribution in [0.4, 0.5) is 5.69 Å². The molecule has 4 aromatic rings. The summed E-state index contributed by atoms with van der Waals surface area (Å²) in [7, 11) is 0. The van der Waals surface area contributed by atoms with E-state index in [1.54, 1.807) is 24.4 Å². The van der Waals surface area contributed by atoms with Crippen molar-refractivity contribution in [3.05, 3.63) is 90.8 Å². The molecule has 1 amide bonds. The van der Waals surface area contributed by atoms with Gasteiger partial charge in [-0.25, -0.2) is 4.98 Å². The van der Waals surface area contributed by atoms with Gasteiger partial charge in [-0.3, -0.25) is 9.59 Å². The Labute approximate surface area is 261 Å². The Morgan fingerprint density at radius 2 is 1.79 bits per heavy atom. The highest BCUT2D eigenvalue weighted by atomic mass is 79.9. The standard InChI is InChI=1S/C32H32Br2N4O4/c1-3-41-28-15-22(26(34)17-29(28)42-19-30(39)36-24-12-9-20(2)10-13-24)18-35-38-31(21-7-5-4-6-8-21)37-27-14-11-23(33)16-25(27)32(38)40/h9-18,21H,3-8,19H2,1-2H3,(H,36,39). The van der Waals surface area contributed by atoms with Crippen LogP contribution in [0.5, 0.6) is 11.5 Å². The molecule has 0 saturated heterocycles. The van der Waals surface area contributed by atoms with Crippen LogP contribution >= 0.6 is 31.9 Å². The molecule has 5 rings (SSSR count). The Bertz CT molecular complexity index is 1680. The lowest BCUT2D eigenvalue weighted by molar-refractivity contribution is -0.118. The van der Waals surface area contributed by atoms with E-state index in [1.165, 1.54) is 11.1 Å². The lowest BCUT2D eigenvalue weighted by atomic mass is 9.88. The molecule has 1 heterocycles. The quantitative estimate of drug-likeness (QED) is 0.182. The van der Waals surface area contributed by atoms with Crippen LogP contribution in [0.2, 0.25) is 0 Å². The normalized spacial score (nSPS) is 13.9. The van der Waals surface area contributed by atoms with Crippen LogP contribution < -0.4 is 20.3 Å². The number of carbonyl (C=O) groups is 1. The molecule has 1 aliphatic carbocycles. The number of halogens is 2. The summed E-state index contributed by atoms with van der Waals surface area (Å²) in [6.07, 6.45) is 6.99. The van der Waals surface area contributed by atoms with Crippen molar-refractivity contribution < 1.29 is 14.3 Å². The Morgan fingerprint density at radius 3 is 2.52 bits per heavy atom. The molecule has 1 aromatic heterocycles. The number of benzene rings is 3. The van der Waals surface area contributed by atoms with Crippen LogP contribution in [-0.4, -0.2) is 35.0 Å². The average molecular weight is 696 g/mol. The molecule has 3 aromatic carbocycles. The first-order valence-electron chi connectivity index (χ1n) is 14.0. The molecular formula is C32H32Br2N4O4. The molecule has 1 N–H and O–H groups in total. The largest absolute Gasteiger partial charge is 0.490 e. The van der Waals surface area contributed by atoms with E-state index in [9.17, 15) is 9.59 Å². The number of hydrogen-bond acceptors (Lipinski definition) is 6. The first-order valence-corrected chi connectivity index (χ1v) is 15.6. The van der Waals surface area contributed by atoms with Gasteiger partial charge in [-0.05, 0) is 85.1 Å². The Morgan fingerprint density at radius 1 is 1.05 bits per heavy atom. The molecule has 8 nitrogen and oxygen atoms in total. The van der Waals surface area contributed by atoms with E-state index < -0.39 is 0 Å². The molecule has 10 heteroatoms. The minimum Gasteiger partial charge on any atom is -0.490 e. The van der Waals surface area contributed by atoms with Gasteiger partial charge in [0, 0.05) is 26.1 Å². The van der Waals surface area contributed by atoms with Crippen molar-refractivity contribution in [3.63, 3.8) is 0 Å². The van der Waals surface area contributed by atoms with Gasteiger partial charge in [-0.2, -0.15) is 9.78 Å². The fraction of sp³-hybridized carbons (Fsp3) is 0.312. The summed E-state index contributed by atoms with van der Waals surface area (Å²) >= 11 is 7.07. The predicted octanol–water partition coefficient (Wildman–Crippen LogP) is 7.58. The molecule has 42 heavy (non-hydrogen) atoms. The van der Waals surface area contributed by atoms with Crippen molar-refractivity contribution in [2.45, 2.75) is 51.9 Å². The maximum atomic E-state index is 13.7. The van der Waals surface area contributed by atoms with Crippen molar-refractivity contribution in [2.24, 2.45) is 5.10 Å². The molecule has 0 bridgehead atoms. The molecular weight excluding hydrogens is 664 g/mol. The second kappa shape index (κ2) is 13.6. The Kier molecular flexibility index (Phi) is 9.74. The SMILES string of the molecule is CCOc1cc(C=Nn2c(C3CCCCC3)nc3ccc(Br)cc3c2=O)c(Br)cc1OCC(=O)Nc1ccc(C)cc1. The number of carbonyl (C=O) groups excluding carboxylic acids is 1. The summed E-state index contributed by atoms with van der Waals surface area (Å²) < 4.78 is 14.6. The van der Waals surface area contributed by atoms with Crippen LogP contribution in [0.3, 0.4) is 0 Å². The van der Waals surface area contributed by atoms with Gasteiger partial charge in [0.05, 0.1) is 23.7 Å². The van der Waals surface area contributed by atoms with E-state index in [1.807, 2.05) is 50.2 Å². The van der Waals surface area contributed by atoms with E-state index in [-0.39, 0.29) is 24.0 Å². The number of nitrogens with zero attached hydrogens (tertiary/aromatic N) is 3. The fourth-order valence-electron chi connectivity index (χ4n) is 5.03. The zero-order valence-electron chi connectivity index (χ0n) is 23.5. The molecule has 218 valence electrons. The number of amides is 1. The molecule has 1 saturated carbocycles.